The summed E-state index contributed by atoms with van der Waals surface area (Å²) in [5.74, 6) is -1.52. The number of carboxylic acid groups (broad SMARTS) is 1. The number of hydrogen-bond donors (Lipinski definition) is 3. The number of carbonyl (C=O) groups excluding carboxylic acids is 1. The zero-order chi connectivity index (χ0) is 15.1. The molecule has 0 saturated heterocycles. The van der Waals surface area contributed by atoms with Crippen molar-refractivity contribution in [2.75, 3.05) is 5.32 Å². The van der Waals surface area contributed by atoms with Crippen molar-refractivity contribution < 1.29 is 14.7 Å². The Labute approximate surface area is 123 Å². The molecule has 0 bridgehead atoms. The van der Waals surface area contributed by atoms with Gasteiger partial charge in [-0.15, -0.1) is 0 Å². The minimum absolute atomic E-state index is 0.250. The minimum atomic E-state index is -1.18. The molecule has 0 radical (unpaired) electrons. The van der Waals surface area contributed by atoms with E-state index in [9.17, 15) is 9.59 Å². The molecule has 1 rings (SSSR count). The van der Waals surface area contributed by atoms with Crippen molar-refractivity contribution in [2.45, 2.75) is 13.0 Å². The number of anilines is 1. The largest absolute Gasteiger partial charge is 0.480 e. The third kappa shape index (κ3) is 4.70. The number of amides is 1. The number of carboxylic acids is 1. The second kappa shape index (κ2) is 7.25. The van der Waals surface area contributed by atoms with Crippen LogP contribution in [0.4, 0.5) is 5.82 Å². The Bertz CT molecular complexity index is 595. The zero-order valence-electron chi connectivity index (χ0n) is 10.4. The summed E-state index contributed by atoms with van der Waals surface area (Å²) >= 11 is 3.25. The van der Waals surface area contributed by atoms with E-state index >= 15 is 0 Å². The van der Waals surface area contributed by atoms with E-state index in [4.69, 9.17) is 10.4 Å². The Kier molecular flexibility index (Phi) is 5.68. The first-order valence-corrected chi connectivity index (χ1v) is 6.25. The van der Waals surface area contributed by atoms with Gasteiger partial charge in [0.15, 0.2) is 0 Å². The quantitative estimate of drug-likeness (QED) is 0.549. The van der Waals surface area contributed by atoms with E-state index in [1.807, 2.05) is 0 Å². The average Bonchev–Trinajstić information content (AvgIpc) is 2.39. The molecule has 0 spiro atoms. The Morgan fingerprint density at radius 1 is 1.60 bits per heavy atom. The first-order chi connectivity index (χ1) is 9.43. The average molecular weight is 339 g/mol. The summed E-state index contributed by atoms with van der Waals surface area (Å²) < 4.78 is 0.783. The summed E-state index contributed by atoms with van der Waals surface area (Å²) in [6.07, 6.45) is 2.71. The minimum Gasteiger partial charge on any atom is -0.480 e. The number of nitrogens with zero attached hydrogens (tertiary/aromatic N) is 2. The summed E-state index contributed by atoms with van der Waals surface area (Å²) in [6.45, 7) is 1.30. The summed E-state index contributed by atoms with van der Waals surface area (Å²) in [7, 11) is 0. The molecule has 1 aromatic rings. The lowest BCUT2D eigenvalue weighted by molar-refractivity contribution is -0.140. The van der Waals surface area contributed by atoms with Gasteiger partial charge in [0.25, 0.3) is 5.91 Å². The van der Waals surface area contributed by atoms with Gasteiger partial charge in [0.05, 0.1) is 0 Å². The molecule has 0 aliphatic rings. The van der Waals surface area contributed by atoms with Crippen LogP contribution in [0.1, 0.15) is 6.92 Å². The number of carbonyl (C=O) groups is 2. The lowest BCUT2D eigenvalue weighted by atomic mass is 10.2. The highest BCUT2D eigenvalue weighted by Gasteiger charge is 2.16. The summed E-state index contributed by atoms with van der Waals surface area (Å²) in [5, 5.41) is 22.4. The fourth-order valence-corrected chi connectivity index (χ4v) is 1.45. The molecule has 0 aromatic carbocycles. The number of pyridine rings is 1. The summed E-state index contributed by atoms with van der Waals surface area (Å²) in [4.78, 5) is 26.2. The molecule has 0 saturated carbocycles. The highest BCUT2D eigenvalue weighted by atomic mass is 79.9. The highest BCUT2D eigenvalue weighted by molar-refractivity contribution is 9.10. The maximum atomic E-state index is 11.6. The van der Waals surface area contributed by atoms with E-state index in [2.05, 4.69) is 31.5 Å². The van der Waals surface area contributed by atoms with Gasteiger partial charge >= 0.3 is 5.97 Å². The van der Waals surface area contributed by atoms with Crippen LogP contribution in [-0.4, -0.2) is 28.0 Å². The van der Waals surface area contributed by atoms with Crippen LogP contribution in [0, 0.1) is 11.3 Å². The zero-order valence-corrected chi connectivity index (χ0v) is 12.0. The van der Waals surface area contributed by atoms with Crippen LogP contribution in [0.3, 0.4) is 0 Å². The molecule has 7 nitrogen and oxygen atoms in total. The van der Waals surface area contributed by atoms with Crippen molar-refractivity contribution in [1.82, 2.24) is 10.3 Å². The summed E-state index contributed by atoms with van der Waals surface area (Å²) in [5.41, 5.74) is -0.250. The van der Waals surface area contributed by atoms with Crippen LogP contribution >= 0.6 is 15.9 Å². The van der Waals surface area contributed by atoms with Crippen LogP contribution < -0.4 is 10.6 Å². The topological polar surface area (TPSA) is 115 Å². The van der Waals surface area contributed by atoms with E-state index < -0.39 is 17.9 Å². The molecule has 8 heteroatoms. The maximum Gasteiger partial charge on any atom is 0.325 e. The van der Waals surface area contributed by atoms with Crippen LogP contribution in [0.2, 0.25) is 0 Å². The first-order valence-electron chi connectivity index (χ1n) is 5.46. The van der Waals surface area contributed by atoms with Crippen molar-refractivity contribution in [2.24, 2.45) is 0 Å². The van der Waals surface area contributed by atoms with Crippen molar-refractivity contribution >= 4 is 33.6 Å². The molecule has 1 amide bonds. The first kappa shape index (κ1) is 15.7. The molecule has 20 heavy (non-hydrogen) atoms. The molecular weight excluding hydrogens is 328 g/mol. The standard InChI is InChI=1S/C12H11BrN4O3/c1-7(12(19)20)17-11(18)8(5-14)6-16-10-4-9(13)2-3-15-10/h2-4,6-7H,1H3,(H,15,16)(H,17,18)(H,19,20)/b8-6-. The highest BCUT2D eigenvalue weighted by Crippen LogP contribution is 2.12. The van der Waals surface area contributed by atoms with Gasteiger partial charge < -0.3 is 15.7 Å². The molecule has 0 fully saturated rings. The maximum absolute atomic E-state index is 11.6. The van der Waals surface area contributed by atoms with Gasteiger partial charge in [-0.2, -0.15) is 5.26 Å². The second-order valence-corrected chi connectivity index (χ2v) is 4.62. The van der Waals surface area contributed by atoms with Gasteiger partial charge in [-0.1, -0.05) is 15.9 Å². The van der Waals surface area contributed by atoms with Gasteiger partial charge in [0.2, 0.25) is 0 Å². The Morgan fingerprint density at radius 2 is 2.30 bits per heavy atom. The molecule has 1 heterocycles. The van der Waals surface area contributed by atoms with Crippen LogP contribution in [0.5, 0.6) is 0 Å². The van der Waals surface area contributed by atoms with E-state index in [1.165, 1.54) is 13.1 Å². The lowest BCUT2D eigenvalue weighted by Crippen LogP contribution is -2.39. The molecule has 1 aromatic heterocycles. The van der Waals surface area contributed by atoms with Crippen molar-refractivity contribution in [3.05, 3.63) is 34.6 Å². The van der Waals surface area contributed by atoms with E-state index in [0.717, 1.165) is 4.47 Å². The van der Waals surface area contributed by atoms with Gasteiger partial charge in [0.1, 0.15) is 23.5 Å². The number of nitriles is 1. The Morgan fingerprint density at radius 3 is 2.85 bits per heavy atom. The van der Waals surface area contributed by atoms with Gasteiger partial charge in [-0.3, -0.25) is 9.59 Å². The molecule has 104 valence electrons. The number of aliphatic carboxylic acids is 1. The molecule has 0 aliphatic heterocycles. The van der Waals surface area contributed by atoms with Crippen molar-refractivity contribution in [1.29, 1.82) is 5.26 Å². The van der Waals surface area contributed by atoms with Crippen LogP contribution in [-0.2, 0) is 9.59 Å². The number of rotatable bonds is 5. The van der Waals surface area contributed by atoms with Crippen LogP contribution in [0.25, 0.3) is 0 Å². The third-order valence-corrected chi connectivity index (χ3v) is 2.66. The predicted octanol–water partition coefficient (Wildman–Crippen LogP) is 1.25. The SMILES string of the molecule is CC(NC(=O)/C(C#N)=C\Nc1cc(Br)ccn1)C(=O)O. The second-order valence-electron chi connectivity index (χ2n) is 3.71. The molecular formula is C12H11BrN4O3. The van der Waals surface area contributed by atoms with Gasteiger partial charge in [-0.25, -0.2) is 4.98 Å². The van der Waals surface area contributed by atoms with Crippen molar-refractivity contribution in [3.63, 3.8) is 0 Å². The van der Waals surface area contributed by atoms with Gasteiger partial charge in [0, 0.05) is 16.9 Å². The predicted molar refractivity (Wildman–Crippen MR) is 74.5 cm³/mol. The third-order valence-electron chi connectivity index (χ3n) is 2.17. The normalized spacial score (nSPS) is 12.2. The lowest BCUT2D eigenvalue weighted by Gasteiger charge is -2.08. The molecule has 1 unspecified atom stereocenters. The summed E-state index contributed by atoms with van der Waals surface area (Å²) in [6, 6.07) is 3.98. The molecule has 3 N–H and O–H groups in total. The van der Waals surface area contributed by atoms with E-state index in [-0.39, 0.29) is 5.57 Å². The van der Waals surface area contributed by atoms with Gasteiger partial charge in [-0.05, 0) is 19.1 Å². The molecule has 1 atom stereocenters. The van der Waals surface area contributed by atoms with Crippen LogP contribution in [0.15, 0.2) is 34.6 Å². The fourth-order valence-electron chi connectivity index (χ4n) is 1.11. The Balaban J connectivity index is 2.75. The number of nitrogens with one attached hydrogen (secondary N) is 2. The number of aromatic nitrogens is 1. The fraction of sp³-hybridized carbons (Fsp3) is 0.167. The Hall–Kier alpha value is -2.40. The molecule has 0 aliphatic carbocycles. The monoisotopic (exact) mass is 338 g/mol. The smallest absolute Gasteiger partial charge is 0.325 e. The van der Waals surface area contributed by atoms with E-state index in [0.29, 0.717) is 5.82 Å². The van der Waals surface area contributed by atoms with Crippen molar-refractivity contribution in [3.8, 4) is 6.07 Å². The number of halogens is 1. The number of hydrogen-bond acceptors (Lipinski definition) is 5. The van der Waals surface area contributed by atoms with E-state index in [1.54, 1.807) is 24.4 Å².